The molecule has 1 amide bonds. The van der Waals surface area contributed by atoms with Gasteiger partial charge in [0.25, 0.3) is 0 Å². The number of benzene rings is 1. The number of aryl methyl sites for hydroxylation is 1. The van der Waals surface area contributed by atoms with E-state index in [0.717, 1.165) is 16.8 Å². The molecule has 0 bridgehead atoms. The van der Waals surface area contributed by atoms with Crippen molar-refractivity contribution in [2.75, 3.05) is 12.4 Å². The van der Waals surface area contributed by atoms with Crippen LogP contribution in [0.4, 0.5) is 5.69 Å². The van der Waals surface area contributed by atoms with Gasteiger partial charge in [0.2, 0.25) is 11.3 Å². The lowest BCUT2D eigenvalue weighted by Crippen LogP contribution is -2.23. The summed E-state index contributed by atoms with van der Waals surface area (Å²) in [6, 6.07) is 9.00. The number of nitrogens with one attached hydrogen (secondary N) is 1. The number of methoxy groups -OCH3 is 1. The monoisotopic (exact) mass is 410 g/mol. The Morgan fingerprint density at radius 1 is 1.21 bits per heavy atom. The van der Waals surface area contributed by atoms with Crippen molar-refractivity contribution in [3.8, 4) is 5.75 Å². The maximum absolute atomic E-state index is 12.7. The van der Waals surface area contributed by atoms with Crippen LogP contribution in [-0.4, -0.2) is 27.6 Å². The Morgan fingerprint density at radius 3 is 2.69 bits per heavy atom. The average Bonchev–Trinajstić information content (AvgIpc) is 2.72. The van der Waals surface area contributed by atoms with Crippen LogP contribution in [0.1, 0.15) is 16.8 Å². The van der Waals surface area contributed by atoms with Crippen molar-refractivity contribution in [3.05, 3.63) is 76.0 Å². The first kappa shape index (κ1) is 20.6. The van der Waals surface area contributed by atoms with Gasteiger partial charge in [0, 0.05) is 35.6 Å². The zero-order valence-electron chi connectivity index (χ0n) is 16.5. The van der Waals surface area contributed by atoms with Crippen LogP contribution >= 0.6 is 11.8 Å². The molecule has 0 aliphatic rings. The van der Waals surface area contributed by atoms with E-state index in [4.69, 9.17) is 4.74 Å². The van der Waals surface area contributed by atoms with Crippen molar-refractivity contribution in [3.63, 3.8) is 0 Å². The van der Waals surface area contributed by atoms with Crippen molar-refractivity contribution in [1.82, 2.24) is 14.5 Å². The van der Waals surface area contributed by atoms with Gasteiger partial charge < -0.3 is 14.6 Å². The Morgan fingerprint density at radius 2 is 1.97 bits per heavy atom. The number of nitrogens with zero attached hydrogens (tertiary/aromatic N) is 3. The Kier molecular flexibility index (Phi) is 6.66. The summed E-state index contributed by atoms with van der Waals surface area (Å²) in [4.78, 5) is 33.2. The van der Waals surface area contributed by atoms with E-state index in [1.54, 1.807) is 29.2 Å². The fraction of sp³-hybridized carbons (Fsp3) is 0.238. The fourth-order valence-electron chi connectivity index (χ4n) is 2.75. The SMILES string of the molecule is COc1cn(CC(=O)Nc2cccc(C)c2C)c(CSc2ncccn2)cc1=O. The molecule has 150 valence electrons. The second kappa shape index (κ2) is 9.38. The van der Waals surface area contributed by atoms with E-state index in [2.05, 4.69) is 15.3 Å². The minimum atomic E-state index is -0.233. The van der Waals surface area contributed by atoms with Crippen molar-refractivity contribution in [1.29, 1.82) is 0 Å². The number of carbonyl (C=O) groups excluding carboxylic acids is 1. The summed E-state index contributed by atoms with van der Waals surface area (Å²) in [7, 11) is 1.43. The first-order chi connectivity index (χ1) is 14.0. The number of anilines is 1. The number of hydrogen-bond acceptors (Lipinski definition) is 6. The first-order valence-electron chi connectivity index (χ1n) is 9.01. The van der Waals surface area contributed by atoms with Crippen LogP contribution in [0, 0.1) is 13.8 Å². The highest BCUT2D eigenvalue weighted by molar-refractivity contribution is 7.98. The third-order valence-corrected chi connectivity index (χ3v) is 5.40. The lowest BCUT2D eigenvalue weighted by molar-refractivity contribution is -0.116. The van der Waals surface area contributed by atoms with E-state index in [9.17, 15) is 9.59 Å². The summed E-state index contributed by atoms with van der Waals surface area (Å²) < 4.78 is 6.86. The molecular formula is C21H22N4O3S. The Hall–Kier alpha value is -3.13. The van der Waals surface area contributed by atoms with Crippen LogP contribution in [0.5, 0.6) is 5.75 Å². The van der Waals surface area contributed by atoms with E-state index in [1.807, 2.05) is 32.0 Å². The Labute approximate surface area is 173 Å². The number of amides is 1. The van der Waals surface area contributed by atoms with Gasteiger partial charge in [-0.05, 0) is 37.1 Å². The van der Waals surface area contributed by atoms with Crippen molar-refractivity contribution in [2.24, 2.45) is 0 Å². The smallest absolute Gasteiger partial charge is 0.244 e. The summed E-state index contributed by atoms with van der Waals surface area (Å²) in [5, 5.41) is 3.54. The molecule has 0 atom stereocenters. The van der Waals surface area contributed by atoms with E-state index >= 15 is 0 Å². The number of pyridine rings is 1. The second-order valence-corrected chi connectivity index (χ2v) is 7.38. The molecule has 0 radical (unpaired) electrons. The third kappa shape index (κ3) is 5.23. The molecular weight excluding hydrogens is 388 g/mol. The molecule has 0 saturated carbocycles. The highest BCUT2D eigenvalue weighted by Gasteiger charge is 2.13. The molecule has 2 aromatic heterocycles. The molecule has 0 spiro atoms. The van der Waals surface area contributed by atoms with Crippen molar-refractivity contribution < 1.29 is 9.53 Å². The largest absolute Gasteiger partial charge is 0.491 e. The van der Waals surface area contributed by atoms with Crippen LogP contribution < -0.4 is 15.5 Å². The number of thioether (sulfide) groups is 1. The molecule has 0 aliphatic carbocycles. The molecule has 3 rings (SSSR count). The van der Waals surface area contributed by atoms with Gasteiger partial charge in [-0.3, -0.25) is 9.59 Å². The topological polar surface area (TPSA) is 86.1 Å². The lowest BCUT2D eigenvalue weighted by atomic mass is 10.1. The first-order valence-corrected chi connectivity index (χ1v) is 9.99. The normalized spacial score (nSPS) is 10.6. The summed E-state index contributed by atoms with van der Waals surface area (Å²) in [6.45, 7) is 4.02. The highest BCUT2D eigenvalue weighted by Crippen LogP contribution is 2.20. The van der Waals surface area contributed by atoms with Gasteiger partial charge in [0.15, 0.2) is 10.9 Å². The maximum atomic E-state index is 12.7. The molecule has 29 heavy (non-hydrogen) atoms. The van der Waals surface area contributed by atoms with Crippen LogP contribution in [0.25, 0.3) is 0 Å². The number of aromatic nitrogens is 3. The minimum Gasteiger partial charge on any atom is -0.491 e. The van der Waals surface area contributed by atoms with E-state index in [1.165, 1.54) is 24.9 Å². The van der Waals surface area contributed by atoms with Crippen molar-refractivity contribution >= 4 is 23.4 Å². The van der Waals surface area contributed by atoms with Gasteiger partial charge in [-0.25, -0.2) is 9.97 Å². The third-order valence-electron chi connectivity index (χ3n) is 4.49. The molecule has 8 heteroatoms. The highest BCUT2D eigenvalue weighted by atomic mass is 32.2. The Balaban J connectivity index is 1.81. The molecule has 0 unspecified atom stereocenters. The molecule has 0 aliphatic heterocycles. The van der Waals surface area contributed by atoms with Gasteiger partial charge >= 0.3 is 0 Å². The average molecular weight is 410 g/mol. The van der Waals surface area contributed by atoms with E-state index in [0.29, 0.717) is 16.6 Å². The summed E-state index contributed by atoms with van der Waals surface area (Å²) >= 11 is 1.39. The zero-order valence-corrected chi connectivity index (χ0v) is 17.3. The molecule has 2 heterocycles. The van der Waals surface area contributed by atoms with E-state index < -0.39 is 0 Å². The number of ether oxygens (including phenoxy) is 1. The van der Waals surface area contributed by atoms with Crippen LogP contribution in [0.15, 0.2) is 58.9 Å². The van der Waals surface area contributed by atoms with Crippen LogP contribution in [0.2, 0.25) is 0 Å². The molecule has 7 nitrogen and oxygen atoms in total. The van der Waals surface area contributed by atoms with Gasteiger partial charge in [-0.2, -0.15) is 0 Å². The van der Waals surface area contributed by atoms with E-state index in [-0.39, 0.29) is 23.6 Å². The maximum Gasteiger partial charge on any atom is 0.244 e. The quantitative estimate of drug-likeness (QED) is 0.476. The lowest BCUT2D eigenvalue weighted by Gasteiger charge is -2.15. The van der Waals surface area contributed by atoms with Crippen LogP contribution in [-0.2, 0) is 17.1 Å². The Bertz CT molecular complexity index is 1070. The molecule has 1 N–H and O–H groups in total. The second-order valence-electron chi connectivity index (χ2n) is 6.44. The standard InChI is InChI=1S/C21H22N4O3S/c1-14-6-4-7-17(15(14)2)24-20(27)12-25-11-19(28-3)18(26)10-16(25)13-29-21-22-8-5-9-23-21/h4-11H,12-13H2,1-3H3,(H,24,27). The van der Waals surface area contributed by atoms with Gasteiger partial charge in [-0.1, -0.05) is 23.9 Å². The minimum absolute atomic E-state index is 0.0512. The summed E-state index contributed by atoms with van der Waals surface area (Å²) in [5.41, 5.74) is 3.35. The zero-order chi connectivity index (χ0) is 20.8. The number of carbonyl (C=O) groups is 1. The van der Waals surface area contributed by atoms with Gasteiger partial charge in [-0.15, -0.1) is 0 Å². The van der Waals surface area contributed by atoms with Crippen molar-refractivity contribution in [2.45, 2.75) is 31.3 Å². The van der Waals surface area contributed by atoms with Crippen LogP contribution in [0.3, 0.4) is 0 Å². The molecule has 0 fully saturated rings. The predicted octanol–water partition coefficient (Wildman–Crippen LogP) is 3.19. The molecule has 3 aromatic rings. The summed E-state index contributed by atoms with van der Waals surface area (Å²) in [5.74, 6) is 0.445. The van der Waals surface area contributed by atoms with Gasteiger partial charge in [0.05, 0.1) is 13.3 Å². The molecule has 1 aromatic carbocycles. The summed E-state index contributed by atoms with van der Waals surface area (Å²) in [6.07, 6.45) is 4.88. The number of rotatable bonds is 7. The molecule has 0 saturated heterocycles. The fourth-order valence-corrected chi connectivity index (χ4v) is 3.54. The van der Waals surface area contributed by atoms with Gasteiger partial charge in [0.1, 0.15) is 6.54 Å². The predicted molar refractivity (Wildman–Crippen MR) is 113 cm³/mol. The number of hydrogen-bond donors (Lipinski definition) is 1.